The Morgan fingerprint density at radius 2 is 2.45 bits per heavy atom. The molecule has 0 atom stereocenters. The number of urea groups is 1. The van der Waals surface area contributed by atoms with Crippen LogP contribution < -0.4 is 11.1 Å². The van der Waals surface area contributed by atoms with Crippen molar-refractivity contribution in [1.29, 1.82) is 0 Å². The highest BCUT2D eigenvalue weighted by Crippen LogP contribution is 2.16. The van der Waals surface area contributed by atoms with Crippen LogP contribution in [-0.2, 0) is 0 Å². The highest BCUT2D eigenvalue weighted by atomic mass is 35.5. The Hall–Kier alpha value is -1.29. The van der Waals surface area contributed by atoms with E-state index in [0.717, 1.165) is 0 Å². The molecule has 0 bridgehead atoms. The van der Waals surface area contributed by atoms with E-state index in [9.17, 15) is 4.79 Å². The van der Waals surface area contributed by atoms with Crippen molar-refractivity contribution in [3.05, 3.63) is 23.4 Å². The monoisotopic (exact) mass is 171 g/mol. The van der Waals surface area contributed by atoms with Crippen molar-refractivity contribution < 1.29 is 4.79 Å². The van der Waals surface area contributed by atoms with Gasteiger partial charge in [-0.25, -0.2) is 9.78 Å². The molecule has 58 valence electrons. The maximum absolute atomic E-state index is 10.3. The Balaban J connectivity index is 2.86. The lowest BCUT2D eigenvalue weighted by Crippen LogP contribution is -2.20. The molecule has 0 saturated carbocycles. The van der Waals surface area contributed by atoms with Gasteiger partial charge in [-0.05, 0) is 12.1 Å². The van der Waals surface area contributed by atoms with E-state index in [2.05, 4.69) is 10.3 Å². The van der Waals surface area contributed by atoms with Gasteiger partial charge in [0.15, 0.2) is 5.82 Å². The number of nitrogens with zero attached hydrogens (tertiary/aromatic N) is 1. The van der Waals surface area contributed by atoms with Crippen LogP contribution in [0.5, 0.6) is 0 Å². The maximum atomic E-state index is 10.3. The number of aromatic nitrogens is 1. The van der Waals surface area contributed by atoms with Crippen LogP contribution in [0.15, 0.2) is 18.3 Å². The van der Waals surface area contributed by atoms with Crippen LogP contribution in [0.3, 0.4) is 0 Å². The number of nitrogens with two attached hydrogens (primary N) is 1. The van der Waals surface area contributed by atoms with Crippen LogP contribution in [0.25, 0.3) is 0 Å². The molecule has 1 heterocycles. The van der Waals surface area contributed by atoms with Gasteiger partial charge in [0.1, 0.15) is 0 Å². The van der Waals surface area contributed by atoms with Gasteiger partial charge in [0, 0.05) is 6.20 Å². The van der Waals surface area contributed by atoms with Crippen LogP contribution in [0.4, 0.5) is 10.6 Å². The Morgan fingerprint density at radius 1 is 1.73 bits per heavy atom. The van der Waals surface area contributed by atoms with Gasteiger partial charge in [-0.1, -0.05) is 11.6 Å². The van der Waals surface area contributed by atoms with Gasteiger partial charge in [0.05, 0.1) is 5.02 Å². The van der Waals surface area contributed by atoms with Crippen LogP contribution in [0.2, 0.25) is 5.02 Å². The molecule has 0 unspecified atom stereocenters. The number of rotatable bonds is 1. The molecule has 1 aromatic heterocycles. The van der Waals surface area contributed by atoms with Crippen molar-refractivity contribution in [3.63, 3.8) is 0 Å². The average molecular weight is 172 g/mol. The van der Waals surface area contributed by atoms with E-state index in [1.807, 2.05) is 0 Å². The van der Waals surface area contributed by atoms with Crippen molar-refractivity contribution in [2.75, 3.05) is 5.32 Å². The summed E-state index contributed by atoms with van der Waals surface area (Å²) in [4.78, 5) is 14.1. The van der Waals surface area contributed by atoms with Crippen LogP contribution in [0, 0.1) is 0 Å². The molecule has 5 heteroatoms. The Bertz CT molecular complexity index is 276. The lowest BCUT2D eigenvalue weighted by molar-refractivity contribution is 0.259. The van der Waals surface area contributed by atoms with Gasteiger partial charge in [-0.2, -0.15) is 0 Å². The third-order valence-electron chi connectivity index (χ3n) is 1.00. The van der Waals surface area contributed by atoms with E-state index in [0.29, 0.717) is 5.02 Å². The molecule has 0 fully saturated rings. The predicted molar refractivity (Wildman–Crippen MR) is 42.5 cm³/mol. The molecule has 4 nitrogen and oxygen atoms in total. The zero-order chi connectivity index (χ0) is 8.27. The second kappa shape index (κ2) is 3.21. The summed E-state index contributed by atoms with van der Waals surface area (Å²) in [5.74, 6) is 0.279. The fourth-order valence-electron chi connectivity index (χ4n) is 0.594. The molecule has 3 N–H and O–H groups in total. The molecule has 2 amide bonds. The summed E-state index contributed by atoms with van der Waals surface area (Å²) in [6, 6.07) is 2.60. The van der Waals surface area contributed by atoms with Gasteiger partial charge in [0.25, 0.3) is 0 Å². The largest absolute Gasteiger partial charge is 0.351 e. The standard InChI is InChI=1S/C6H6ClN3O/c7-4-2-1-3-9-5(4)10-6(8)11/h1-3H,(H3,8,9,10,11). The average Bonchev–Trinajstić information content (AvgIpc) is 1.93. The summed E-state index contributed by atoms with van der Waals surface area (Å²) in [7, 11) is 0. The number of carbonyl (C=O) groups is 1. The summed E-state index contributed by atoms with van der Waals surface area (Å²) < 4.78 is 0. The smallest absolute Gasteiger partial charge is 0.317 e. The minimum Gasteiger partial charge on any atom is -0.351 e. The first-order valence-corrected chi connectivity index (χ1v) is 3.25. The van der Waals surface area contributed by atoms with Gasteiger partial charge in [-0.3, -0.25) is 5.32 Å². The number of hydrogen-bond donors (Lipinski definition) is 2. The van der Waals surface area contributed by atoms with E-state index in [1.165, 1.54) is 6.20 Å². The van der Waals surface area contributed by atoms with Gasteiger partial charge >= 0.3 is 6.03 Å². The molecule has 0 aliphatic carbocycles. The van der Waals surface area contributed by atoms with Gasteiger partial charge < -0.3 is 5.73 Å². The number of halogens is 1. The molecule has 0 radical (unpaired) electrons. The molecule has 0 spiro atoms. The molecule has 0 aromatic carbocycles. The van der Waals surface area contributed by atoms with E-state index in [1.54, 1.807) is 12.1 Å². The summed E-state index contributed by atoms with van der Waals surface area (Å²) in [6.45, 7) is 0. The van der Waals surface area contributed by atoms with Crippen molar-refractivity contribution in [2.24, 2.45) is 5.73 Å². The number of primary amides is 1. The summed E-state index contributed by atoms with van der Waals surface area (Å²) in [5.41, 5.74) is 4.84. The Labute approximate surface area is 68.4 Å². The van der Waals surface area contributed by atoms with Crippen molar-refractivity contribution in [2.45, 2.75) is 0 Å². The van der Waals surface area contributed by atoms with E-state index >= 15 is 0 Å². The zero-order valence-corrected chi connectivity index (χ0v) is 6.30. The summed E-state index contributed by atoms with van der Waals surface area (Å²) >= 11 is 5.64. The van der Waals surface area contributed by atoms with Crippen molar-refractivity contribution >= 4 is 23.4 Å². The second-order valence-electron chi connectivity index (χ2n) is 1.82. The SMILES string of the molecule is NC(=O)Nc1ncccc1Cl. The lowest BCUT2D eigenvalue weighted by Gasteiger charge is -2.00. The quantitative estimate of drug-likeness (QED) is 0.667. The number of carbonyl (C=O) groups excluding carboxylic acids is 1. The summed E-state index contributed by atoms with van der Waals surface area (Å²) in [6.07, 6.45) is 1.51. The highest BCUT2D eigenvalue weighted by Gasteiger charge is 2.00. The first-order valence-electron chi connectivity index (χ1n) is 2.87. The first-order chi connectivity index (χ1) is 5.20. The normalized spacial score (nSPS) is 9.18. The maximum Gasteiger partial charge on any atom is 0.317 e. The number of anilines is 1. The lowest BCUT2D eigenvalue weighted by atomic mass is 10.4. The molecule has 0 aliphatic heterocycles. The van der Waals surface area contributed by atoms with Crippen LogP contribution in [-0.4, -0.2) is 11.0 Å². The number of hydrogen-bond acceptors (Lipinski definition) is 2. The predicted octanol–water partition coefficient (Wildman–Crippen LogP) is 1.23. The number of pyridine rings is 1. The van der Waals surface area contributed by atoms with E-state index in [4.69, 9.17) is 17.3 Å². The molecule has 0 saturated heterocycles. The number of amides is 2. The van der Waals surface area contributed by atoms with E-state index in [-0.39, 0.29) is 5.82 Å². The third kappa shape index (κ3) is 2.09. The minimum atomic E-state index is -0.675. The van der Waals surface area contributed by atoms with Crippen LogP contribution >= 0.6 is 11.6 Å². The van der Waals surface area contributed by atoms with E-state index < -0.39 is 6.03 Å². The van der Waals surface area contributed by atoms with Gasteiger partial charge in [0.2, 0.25) is 0 Å². The fourth-order valence-corrected chi connectivity index (χ4v) is 0.763. The molecular formula is C6H6ClN3O. The highest BCUT2D eigenvalue weighted by molar-refractivity contribution is 6.33. The topological polar surface area (TPSA) is 68.0 Å². The second-order valence-corrected chi connectivity index (χ2v) is 2.23. The summed E-state index contributed by atoms with van der Waals surface area (Å²) in [5, 5.41) is 2.64. The Morgan fingerprint density at radius 3 is 3.00 bits per heavy atom. The van der Waals surface area contributed by atoms with Gasteiger partial charge in [-0.15, -0.1) is 0 Å². The molecule has 1 rings (SSSR count). The third-order valence-corrected chi connectivity index (χ3v) is 1.31. The number of nitrogens with one attached hydrogen (secondary N) is 1. The molecular weight excluding hydrogens is 166 g/mol. The minimum absolute atomic E-state index is 0.279. The molecule has 11 heavy (non-hydrogen) atoms. The van der Waals surface area contributed by atoms with Crippen molar-refractivity contribution in [1.82, 2.24) is 4.98 Å². The van der Waals surface area contributed by atoms with Crippen LogP contribution in [0.1, 0.15) is 0 Å². The molecule has 0 aliphatic rings. The Kier molecular flexibility index (Phi) is 2.28. The fraction of sp³-hybridized carbons (Fsp3) is 0. The zero-order valence-electron chi connectivity index (χ0n) is 5.54. The van der Waals surface area contributed by atoms with Crippen molar-refractivity contribution in [3.8, 4) is 0 Å². The first kappa shape index (κ1) is 7.81. The molecule has 1 aromatic rings.